The molecule has 4 aromatic rings. The van der Waals surface area contributed by atoms with Crippen LogP contribution in [-0.4, -0.2) is 4.92 Å². The maximum atomic E-state index is 13.0. The highest BCUT2D eigenvalue weighted by Crippen LogP contribution is 2.39. The van der Waals surface area contributed by atoms with E-state index in [4.69, 9.17) is 4.74 Å². The molecule has 0 aliphatic carbocycles. The second kappa shape index (κ2) is 9.16. The molecule has 4 rings (SSSR count). The normalized spacial score (nSPS) is 11.4. The number of halogens is 3. The third-order valence-corrected chi connectivity index (χ3v) is 5.10. The predicted molar refractivity (Wildman–Crippen MR) is 117 cm³/mol. The van der Waals surface area contributed by atoms with Gasteiger partial charge in [0.25, 0.3) is 0 Å². The molecule has 0 fully saturated rings. The number of nitro benzene ring substituents is 1. The van der Waals surface area contributed by atoms with Gasteiger partial charge in [0, 0.05) is 18.1 Å². The lowest BCUT2D eigenvalue weighted by atomic mass is 9.85. The fourth-order valence-corrected chi connectivity index (χ4v) is 3.61. The van der Waals surface area contributed by atoms with Gasteiger partial charge in [-0.15, -0.1) is 0 Å². The average Bonchev–Trinajstić information content (AvgIpc) is 2.80. The monoisotopic (exact) mass is 448 g/mol. The van der Waals surface area contributed by atoms with E-state index in [2.05, 4.69) is 6.07 Å². The number of nitrogens with zero attached hydrogens (tertiary/aromatic N) is 1. The lowest BCUT2D eigenvalue weighted by molar-refractivity contribution is -0.385. The van der Waals surface area contributed by atoms with Crippen molar-refractivity contribution in [2.75, 3.05) is 0 Å². The fourth-order valence-electron chi connectivity index (χ4n) is 3.61. The van der Waals surface area contributed by atoms with Crippen LogP contribution in [0.4, 0.5) is 18.9 Å². The molecule has 0 heterocycles. The van der Waals surface area contributed by atoms with E-state index in [0.717, 1.165) is 28.8 Å². The van der Waals surface area contributed by atoms with Crippen molar-refractivity contribution in [3.8, 4) is 11.5 Å². The SMILES string of the molecule is O=[N+]([O-])c1cc(C(F)(F)F)ccc1Oc1[c]ccc(C(c2ccccc2)c2ccccc2)c1. The largest absolute Gasteiger partial charge is 0.449 e. The molecule has 1 radical (unpaired) electrons. The van der Waals surface area contributed by atoms with Gasteiger partial charge in [0.2, 0.25) is 5.75 Å². The third kappa shape index (κ3) is 5.03. The topological polar surface area (TPSA) is 52.4 Å². The number of ether oxygens (including phenoxy) is 1. The molecule has 0 aliphatic heterocycles. The molecule has 0 atom stereocenters. The molecular weight excluding hydrogens is 431 g/mol. The Balaban J connectivity index is 1.73. The van der Waals surface area contributed by atoms with Gasteiger partial charge in [-0.1, -0.05) is 72.8 Å². The van der Waals surface area contributed by atoms with Gasteiger partial charge in [0.1, 0.15) is 5.75 Å². The highest BCUT2D eigenvalue weighted by Gasteiger charge is 2.33. The van der Waals surface area contributed by atoms with Gasteiger partial charge in [0.05, 0.1) is 10.5 Å². The minimum Gasteiger partial charge on any atom is -0.449 e. The Kier molecular flexibility index (Phi) is 6.13. The molecule has 4 aromatic carbocycles. The highest BCUT2D eigenvalue weighted by molar-refractivity contribution is 5.52. The first-order valence-electron chi connectivity index (χ1n) is 9.98. The summed E-state index contributed by atoms with van der Waals surface area (Å²) in [5.41, 5.74) is 1.01. The summed E-state index contributed by atoms with van der Waals surface area (Å²) in [6.45, 7) is 0. The maximum Gasteiger partial charge on any atom is 0.416 e. The van der Waals surface area contributed by atoms with Gasteiger partial charge >= 0.3 is 11.9 Å². The van der Waals surface area contributed by atoms with Gasteiger partial charge in [-0.25, -0.2) is 0 Å². The zero-order chi connectivity index (χ0) is 23.4. The summed E-state index contributed by atoms with van der Waals surface area (Å²) in [4.78, 5) is 10.5. The van der Waals surface area contributed by atoms with E-state index >= 15 is 0 Å². The summed E-state index contributed by atoms with van der Waals surface area (Å²) in [5.74, 6) is -0.281. The molecule has 0 aliphatic rings. The number of rotatable bonds is 6. The number of benzene rings is 4. The Morgan fingerprint density at radius 3 is 1.97 bits per heavy atom. The standard InChI is InChI=1S/C26H17F3NO3/c27-26(28,29)21-14-15-24(23(17-21)30(31)32)33-22-13-7-12-20(16-22)25(18-8-3-1-4-9-18)19-10-5-2-6-11-19/h1-12,14-17,25H. The second-order valence-electron chi connectivity index (χ2n) is 7.28. The molecule has 0 saturated carbocycles. The zero-order valence-corrected chi connectivity index (χ0v) is 17.1. The van der Waals surface area contributed by atoms with Crippen molar-refractivity contribution in [3.63, 3.8) is 0 Å². The van der Waals surface area contributed by atoms with Crippen molar-refractivity contribution in [3.05, 3.63) is 135 Å². The van der Waals surface area contributed by atoms with Crippen LogP contribution in [0.3, 0.4) is 0 Å². The maximum absolute atomic E-state index is 13.0. The van der Waals surface area contributed by atoms with Crippen LogP contribution in [0.1, 0.15) is 28.2 Å². The van der Waals surface area contributed by atoms with Crippen molar-refractivity contribution in [2.45, 2.75) is 12.1 Å². The van der Waals surface area contributed by atoms with E-state index in [-0.39, 0.29) is 17.4 Å². The first-order valence-corrected chi connectivity index (χ1v) is 9.98. The van der Waals surface area contributed by atoms with Gasteiger partial charge < -0.3 is 4.74 Å². The molecule has 4 nitrogen and oxygen atoms in total. The smallest absolute Gasteiger partial charge is 0.416 e. The van der Waals surface area contributed by atoms with E-state index in [1.165, 1.54) is 0 Å². The van der Waals surface area contributed by atoms with E-state index in [9.17, 15) is 23.3 Å². The van der Waals surface area contributed by atoms with Crippen LogP contribution in [0.25, 0.3) is 0 Å². The van der Waals surface area contributed by atoms with Crippen LogP contribution in [-0.2, 0) is 6.18 Å². The number of nitro groups is 1. The van der Waals surface area contributed by atoms with Crippen LogP contribution in [0.15, 0.2) is 97.1 Å². The molecule has 0 saturated heterocycles. The molecule has 0 bridgehead atoms. The van der Waals surface area contributed by atoms with Gasteiger partial charge in [-0.3, -0.25) is 10.1 Å². The quantitative estimate of drug-likeness (QED) is 0.176. The van der Waals surface area contributed by atoms with Crippen LogP contribution < -0.4 is 4.74 Å². The first kappa shape index (κ1) is 22.1. The van der Waals surface area contributed by atoms with Crippen molar-refractivity contribution < 1.29 is 22.8 Å². The Labute approximate surface area is 188 Å². The molecule has 0 spiro atoms. The fraction of sp³-hybridized carbons (Fsp3) is 0.0769. The van der Waals surface area contributed by atoms with Crippen LogP contribution in [0.5, 0.6) is 11.5 Å². The first-order chi connectivity index (χ1) is 15.8. The Hall–Kier alpha value is -4.13. The third-order valence-electron chi connectivity index (χ3n) is 5.10. The Morgan fingerprint density at radius 2 is 1.42 bits per heavy atom. The molecule has 165 valence electrons. The van der Waals surface area contributed by atoms with Crippen LogP contribution in [0, 0.1) is 16.2 Å². The van der Waals surface area contributed by atoms with E-state index in [0.29, 0.717) is 6.07 Å². The number of hydrogen-bond donors (Lipinski definition) is 0. The molecular formula is C26H17F3NO3. The van der Waals surface area contributed by atoms with Crippen molar-refractivity contribution in [1.29, 1.82) is 0 Å². The molecule has 0 unspecified atom stereocenters. The van der Waals surface area contributed by atoms with Crippen LogP contribution >= 0.6 is 0 Å². The highest BCUT2D eigenvalue weighted by atomic mass is 19.4. The summed E-state index contributed by atoms with van der Waals surface area (Å²) in [6, 6.07) is 29.8. The van der Waals surface area contributed by atoms with Crippen molar-refractivity contribution >= 4 is 5.69 Å². The molecule has 7 heteroatoms. The Morgan fingerprint density at radius 1 is 0.818 bits per heavy atom. The molecule has 0 amide bonds. The summed E-state index contributed by atoms with van der Waals surface area (Å²) in [5, 5.41) is 11.4. The lowest BCUT2D eigenvalue weighted by Crippen LogP contribution is -2.06. The van der Waals surface area contributed by atoms with E-state index in [1.54, 1.807) is 12.1 Å². The van der Waals surface area contributed by atoms with Gasteiger partial charge in [0.15, 0.2) is 0 Å². The lowest BCUT2D eigenvalue weighted by Gasteiger charge is -2.19. The molecule has 0 aromatic heterocycles. The van der Waals surface area contributed by atoms with Crippen LogP contribution in [0.2, 0.25) is 0 Å². The zero-order valence-electron chi connectivity index (χ0n) is 17.1. The Bertz CT molecular complexity index is 1220. The minimum absolute atomic E-state index is 0.146. The van der Waals surface area contributed by atoms with Gasteiger partial charge in [-0.2, -0.15) is 13.2 Å². The van der Waals surface area contributed by atoms with E-state index < -0.39 is 22.4 Å². The summed E-state index contributed by atoms with van der Waals surface area (Å²) in [6.07, 6.45) is -4.70. The summed E-state index contributed by atoms with van der Waals surface area (Å²) < 4.78 is 44.6. The second-order valence-corrected chi connectivity index (χ2v) is 7.28. The van der Waals surface area contributed by atoms with Gasteiger partial charge in [-0.05, 0) is 34.9 Å². The molecule has 0 N–H and O–H groups in total. The van der Waals surface area contributed by atoms with Crippen molar-refractivity contribution in [1.82, 2.24) is 0 Å². The molecule has 33 heavy (non-hydrogen) atoms. The number of alkyl halides is 3. The average molecular weight is 448 g/mol. The minimum atomic E-state index is -4.70. The predicted octanol–water partition coefficient (Wildman–Crippen LogP) is 7.39. The summed E-state index contributed by atoms with van der Waals surface area (Å²) >= 11 is 0. The van der Waals surface area contributed by atoms with E-state index in [1.807, 2.05) is 66.7 Å². The summed E-state index contributed by atoms with van der Waals surface area (Å²) in [7, 11) is 0. The number of hydrogen-bond acceptors (Lipinski definition) is 3. The van der Waals surface area contributed by atoms with Crippen molar-refractivity contribution in [2.24, 2.45) is 0 Å².